The summed E-state index contributed by atoms with van der Waals surface area (Å²) in [4.78, 5) is 46.1. The lowest BCUT2D eigenvalue weighted by Gasteiger charge is -2.17. The number of nitrogen functional groups attached to an aromatic ring is 1. The first-order chi connectivity index (χ1) is 16.3. The molecule has 9 nitrogen and oxygen atoms in total. The molecule has 4 N–H and O–H groups in total. The first-order valence-corrected chi connectivity index (χ1v) is 10.6. The summed E-state index contributed by atoms with van der Waals surface area (Å²) in [6.45, 7) is 5.51. The highest BCUT2D eigenvalue weighted by Crippen LogP contribution is 2.29. The number of esters is 1. The summed E-state index contributed by atoms with van der Waals surface area (Å²) < 4.78 is 6.64. The lowest BCUT2D eigenvalue weighted by molar-refractivity contribution is -0.144. The van der Waals surface area contributed by atoms with Gasteiger partial charge in [-0.15, -0.1) is 0 Å². The van der Waals surface area contributed by atoms with Crippen LogP contribution in [0.1, 0.15) is 35.3 Å². The van der Waals surface area contributed by atoms with Crippen LogP contribution in [-0.2, 0) is 14.3 Å². The normalized spacial score (nSPS) is 11.9. The van der Waals surface area contributed by atoms with Gasteiger partial charge in [0.25, 0.3) is 5.91 Å². The van der Waals surface area contributed by atoms with E-state index in [2.05, 4.69) is 16.5 Å². The van der Waals surface area contributed by atoms with Crippen molar-refractivity contribution in [3.8, 4) is 0 Å². The van der Waals surface area contributed by atoms with Crippen LogP contribution in [-0.4, -0.2) is 38.9 Å². The van der Waals surface area contributed by atoms with Gasteiger partial charge in [0, 0.05) is 23.4 Å². The number of nitrogens with two attached hydrogens (primary N) is 2. The average molecular weight is 457 g/mol. The molecular weight excluding hydrogens is 434 g/mol. The molecule has 172 valence electrons. The van der Waals surface area contributed by atoms with Crippen LogP contribution in [0.15, 0.2) is 67.0 Å². The summed E-state index contributed by atoms with van der Waals surface area (Å²) in [5, 5.41) is 2.21. The third kappa shape index (κ3) is 4.36. The number of aromatic nitrogens is 3. The average Bonchev–Trinajstić information content (AvgIpc) is 3.25. The van der Waals surface area contributed by atoms with Gasteiger partial charge < -0.3 is 16.2 Å². The van der Waals surface area contributed by atoms with Gasteiger partial charge in [-0.05, 0) is 41.8 Å². The largest absolute Gasteiger partial charge is 0.466 e. The van der Waals surface area contributed by atoms with E-state index in [1.54, 1.807) is 37.5 Å². The van der Waals surface area contributed by atoms with E-state index < -0.39 is 23.7 Å². The quantitative estimate of drug-likeness (QED) is 0.321. The summed E-state index contributed by atoms with van der Waals surface area (Å²) in [7, 11) is 0. The van der Waals surface area contributed by atoms with Crippen molar-refractivity contribution in [3.05, 3.63) is 78.3 Å². The van der Waals surface area contributed by atoms with E-state index in [0.29, 0.717) is 16.5 Å². The van der Waals surface area contributed by atoms with E-state index in [0.717, 1.165) is 10.8 Å². The number of fused-ring (bicyclic) bond motifs is 2. The molecule has 0 fully saturated rings. The van der Waals surface area contributed by atoms with Gasteiger partial charge >= 0.3 is 5.97 Å². The number of rotatable bonds is 7. The van der Waals surface area contributed by atoms with Crippen LogP contribution in [0.3, 0.4) is 0 Å². The van der Waals surface area contributed by atoms with Gasteiger partial charge in [-0.3, -0.25) is 19.0 Å². The molecule has 34 heavy (non-hydrogen) atoms. The molecule has 0 aliphatic heterocycles. The van der Waals surface area contributed by atoms with E-state index >= 15 is 0 Å². The number of amides is 1. The molecule has 0 radical (unpaired) electrons. The first kappa shape index (κ1) is 22.7. The Balaban J connectivity index is 1.83. The molecule has 2 heterocycles. The first-order valence-electron chi connectivity index (χ1n) is 10.6. The van der Waals surface area contributed by atoms with Crippen LogP contribution in [0.2, 0.25) is 0 Å². The van der Waals surface area contributed by atoms with Gasteiger partial charge in [0.1, 0.15) is 5.69 Å². The number of carbonyl (C=O) groups is 3. The number of primary amides is 1. The Hall–Kier alpha value is -4.53. The molecule has 0 aliphatic carbocycles. The number of ether oxygens (including phenoxy) is 1. The molecular formula is C25H23N5O4. The molecule has 0 saturated heterocycles. The number of hydrogen-bond donors (Lipinski definition) is 2. The van der Waals surface area contributed by atoms with Crippen molar-refractivity contribution in [2.24, 2.45) is 5.73 Å². The fourth-order valence-electron chi connectivity index (χ4n) is 3.79. The summed E-state index contributed by atoms with van der Waals surface area (Å²) in [6, 6.07) is 12.5. The Morgan fingerprint density at radius 1 is 1.09 bits per heavy atom. The molecule has 2 aromatic carbocycles. The monoisotopic (exact) mass is 457 g/mol. The molecule has 4 aromatic rings. The number of nitrogens with zero attached hydrogens (tertiary/aromatic N) is 3. The fraction of sp³-hybridized carbons (Fsp3) is 0.160. The van der Waals surface area contributed by atoms with Gasteiger partial charge in [0.05, 0.1) is 18.0 Å². The van der Waals surface area contributed by atoms with Crippen molar-refractivity contribution in [3.63, 3.8) is 0 Å². The van der Waals surface area contributed by atoms with Crippen LogP contribution in [0.4, 0.5) is 5.95 Å². The highest BCUT2D eigenvalue weighted by atomic mass is 16.5. The van der Waals surface area contributed by atoms with E-state index in [9.17, 15) is 14.4 Å². The SMILES string of the molecule is C=C(CC(C(=O)OCC)c1ccc2nc(N)nc(C(=O)n3cc4ccccc4c3)c2c1)C(N)=O. The van der Waals surface area contributed by atoms with Gasteiger partial charge in [-0.2, -0.15) is 0 Å². The molecule has 0 spiro atoms. The Labute approximate surface area is 195 Å². The standard InChI is InChI=1S/C25H23N5O4/c1-3-34-24(33)18(10-14(2)22(26)31)15-8-9-20-19(11-15)21(29-25(27)28-20)23(32)30-12-16-6-4-5-7-17(16)13-30/h4-9,11-13,18H,2-3,10H2,1H3,(H2,26,31)(H2,27,28,29). The molecule has 0 saturated carbocycles. The van der Waals surface area contributed by atoms with Crippen molar-refractivity contribution in [2.45, 2.75) is 19.3 Å². The molecule has 0 bridgehead atoms. The minimum Gasteiger partial charge on any atom is -0.466 e. The Kier molecular flexibility index (Phi) is 6.09. The van der Waals surface area contributed by atoms with Gasteiger partial charge in [0.15, 0.2) is 0 Å². The number of anilines is 1. The van der Waals surface area contributed by atoms with Gasteiger partial charge in [0.2, 0.25) is 11.9 Å². The smallest absolute Gasteiger partial charge is 0.313 e. The predicted octanol–water partition coefficient (Wildman–Crippen LogP) is 2.93. The van der Waals surface area contributed by atoms with Crippen molar-refractivity contribution < 1.29 is 19.1 Å². The third-order valence-electron chi connectivity index (χ3n) is 5.50. The maximum Gasteiger partial charge on any atom is 0.313 e. The molecule has 1 atom stereocenters. The number of benzene rings is 2. The van der Waals surface area contributed by atoms with Crippen molar-refractivity contribution >= 4 is 45.4 Å². The van der Waals surface area contributed by atoms with Crippen molar-refractivity contribution in [2.75, 3.05) is 12.3 Å². The molecule has 1 amide bonds. The lowest BCUT2D eigenvalue weighted by Crippen LogP contribution is -2.21. The molecule has 2 aromatic heterocycles. The van der Waals surface area contributed by atoms with Crippen LogP contribution >= 0.6 is 0 Å². The second-order valence-electron chi connectivity index (χ2n) is 7.78. The maximum atomic E-state index is 13.4. The highest BCUT2D eigenvalue weighted by molar-refractivity contribution is 6.07. The Morgan fingerprint density at radius 2 is 1.76 bits per heavy atom. The van der Waals surface area contributed by atoms with Crippen LogP contribution in [0.25, 0.3) is 21.7 Å². The van der Waals surface area contributed by atoms with E-state index in [-0.39, 0.29) is 30.2 Å². The molecule has 4 rings (SSSR count). The third-order valence-corrected chi connectivity index (χ3v) is 5.50. The van der Waals surface area contributed by atoms with Gasteiger partial charge in [-0.1, -0.05) is 36.9 Å². The predicted molar refractivity (Wildman–Crippen MR) is 128 cm³/mol. The Bertz CT molecular complexity index is 1420. The lowest BCUT2D eigenvalue weighted by atomic mass is 9.91. The topological polar surface area (TPSA) is 143 Å². The summed E-state index contributed by atoms with van der Waals surface area (Å²) in [5.41, 5.74) is 12.3. The van der Waals surface area contributed by atoms with Crippen LogP contribution in [0, 0.1) is 0 Å². The minimum absolute atomic E-state index is 0.0260. The zero-order chi connectivity index (χ0) is 24.4. The van der Waals surface area contributed by atoms with Crippen LogP contribution in [0.5, 0.6) is 0 Å². The van der Waals surface area contributed by atoms with E-state index in [4.69, 9.17) is 16.2 Å². The summed E-state index contributed by atoms with van der Waals surface area (Å²) >= 11 is 0. The number of carbonyl (C=O) groups excluding carboxylic acids is 3. The highest BCUT2D eigenvalue weighted by Gasteiger charge is 2.26. The van der Waals surface area contributed by atoms with Gasteiger partial charge in [-0.25, -0.2) is 9.97 Å². The zero-order valence-electron chi connectivity index (χ0n) is 18.5. The zero-order valence-corrected chi connectivity index (χ0v) is 18.5. The second kappa shape index (κ2) is 9.14. The molecule has 0 aliphatic rings. The van der Waals surface area contributed by atoms with Crippen LogP contribution < -0.4 is 11.5 Å². The number of hydrogen-bond acceptors (Lipinski definition) is 7. The summed E-state index contributed by atoms with van der Waals surface area (Å²) in [5.74, 6) is -2.54. The van der Waals surface area contributed by atoms with Crippen molar-refractivity contribution in [1.82, 2.24) is 14.5 Å². The second-order valence-corrected chi connectivity index (χ2v) is 7.78. The maximum absolute atomic E-state index is 13.4. The fourth-order valence-corrected chi connectivity index (χ4v) is 3.79. The van der Waals surface area contributed by atoms with E-state index in [1.165, 1.54) is 4.57 Å². The van der Waals surface area contributed by atoms with Crippen molar-refractivity contribution in [1.29, 1.82) is 0 Å². The Morgan fingerprint density at radius 3 is 2.38 bits per heavy atom. The van der Waals surface area contributed by atoms with E-state index in [1.807, 2.05) is 24.3 Å². The molecule has 9 heteroatoms. The minimum atomic E-state index is -0.848. The molecule has 1 unspecified atom stereocenters. The summed E-state index contributed by atoms with van der Waals surface area (Å²) in [6.07, 6.45) is 3.40.